The van der Waals surface area contributed by atoms with Gasteiger partial charge in [0.15, 0.2) is 0 Å². The van der Waals surface area contributed by atoms with Gasteiger partial charge < -0.3 is 16.4 Å². The molecule has 1 aromatic carbocycles. The SMILES string of the molecule is CNCCNCC(N)Cc1ccc(N=C=S)cc1. The average Bonchev–Trinajstić information content (AvgIpc) is 2.37. The normalized spacial score (nSPS) is 11.9. The average molecular weight is 264 g/mol. The summed E-state index contributed by atoms with van der Waals surface area (Å²) < 4.78 is 0. The third-order valence-electron chi connectivity index (χ3n) is 2.57. The molecule has 1 atom stereocenters. The van der Waals surface area contributed by atoms with Crippen LogP contribution in [-0.2, 0) is 6.42 Å². The molecule has 0 amide bonds. The summed E-state index contributed by atoms with van der Waals surface area (Å²) >= 11 is 4.56. The first kappa shape index (κ1) is 15.0. The standard InChI is InChI=1S/C13H20N4S/c1-15-6-7-16-9-12(14)8-11-2-4-13(5-3-11)17-10-18/h2-5,12,15-16H,6-9,14H2,1H3. The van der Waals surface area contributed by atoms with Crippen molar-refractivity contribution >= 4 is 23.1 Å². The van der Waals surface area contributed by atoms with Crippen LogP contribution in [0.25, 0.3) is 0 Å². The summed E-state index contributed by atoms with van der Waals surface area (Å²) in [5, 5.41) is 8.74. The molecule has 4 nitrogen and oxygen atoms in total. The first-order valence-electron chi connectivity index (χ1n) is 6.04. The minimum Gasteiger partial charge on any atom is -0.326 e. The second kappa shape index (κ2) is 8.91. The van der Waals surface area contributed by atoms with Gasteiger partial charge in [-0.25, -0.2) is 0 Å². The van der Waals surface area contributed by atoms with Gasteiger partial charge in [-0.05, 0) is 43.4 Å². The minimum absolute atomic E-state index is 0.127. The summed E-state index contributed by atoms with van der Waals surface area (Å²) in [7, 11) is 1.94. The van der Waals surface area contributed by atoms with Crippen molar-refractivity contribution in [2.75, 3.05) is 26.7 Å². The van der Waals surface area contributed by atoms with Crippen molar-refractivity contribution in [1.82, 2.24) is 10.6 Å². The molecule has 0 saturated carbocycles. The highest BCUT2D eigenvalue weighted by Crippen LogP contribution is 2.13. The van der Waals surface area contributed by atoms with Crippen LogP contribution in [0, 0.1) is 0 Å². The second-order valence-corrected chi connectivity index (χ2v) is 4.32. The van der Waals surface area contributed by atoms with Crippen molar-refractivity contribution in [2.45, 2.75) is 12.5 Å². The summed E-state index contributed by atoms with van der Waals surface area (Å²) in [4.78, 5) is 3.91. The molecule has 0 heterocycles. The van der Waals surface area contributed by atoms with Gasteiger partial charge >= 0.3 is 0 Å². The summed E-state index contributed by atoms with van der Waals surface area (Å²) in [6, 6.07) is 8.03. The predicted octanol–water partition coefficient (Wildman–Crippen LogP) is 1.10. The lowest BCUT2D eigenvalue weighted by Gasteiger charge is -2.12. The number of nitrogens with two attached hydrogens (primary N) is 1. The zero-order valence-corrected chi connectivity index (χ0v) is 11.5. The maximum atomic E-state index is 6.05. The van der Waals surface area contributed by atoms with Gasteiger partial charge in [0.05, 0.1) is 10.8 Å². The van der Waals surface area contributed by atoms with Gasteiger partial charge in [0, 0.05) is 25.7 Å². The van der Waals surface area contributed by atoms with Gasteiger partial charge in [-0.1, -0.05) is 12.1 Å². The fourth-order valence-electron chi connectivity index (χ4n) is 1.64. The summed E-state index contributed by atoms with van der Waals surface area (Å²) in [5.41, 5.74) is 8.09. The molecule has 1 unspecified atom stereocenters. The Hall–Kier alpha value is -1.10. The molecule has 0 aliphatic carbocycles. The second-order valence-electron chi connectivity index (χ2n) is 4.14. The third kappa shape index (κ3) is 6.00. The molecule has 0 bridgehead atoms. The highest BCUT2D eigenvalue weighted by Gasteiger charge is 2.03. The lowest BCUT2D eigenvalue weighted by Crippen LogP contribution is -2.38. The molecule has 98 valence electrons. The minimum atomic E-state index is 0.127. The number of hydrogen-bond donors (Lipinski definition) is 3. The van der Waals surface area contributed by atoms with Gasteiger partial charge in [0.25, 0.3) is 0 Å². The Balaban J connectivity index is 2.34. The van der Waals surface area contributed by atoms with Crippen LogP contribution in [-0.4, -0.2) is 37.9 Å². The first-order valence-corrected chi connectivity index (χ1v) is 6.44. The predicted molar refractivity (Wildman–Crippen MR) is 79.6 cm³/mol. The molecule has 0 saturated heterocycles. The Kier molecular flexibility index (Phi) is 7.41. The smallest absolute Gasteiger partial charge is 0.0739 e. The van der Waals surface area contributed by atoms with Gasteiger partial charge in [-0.15, -0.1) is 0 Å². The first-order chi connectivity index (χ1) is 8.76. The van der Waals surface area contributed by atoms with Crippen molar-refractivity contribution in [2.24, 2.45) is 10.7 Å². The zero-order chi connectivity index (χ0) is 13.2. The largest absolute Gasteiger partial charge is 0.326 e. The number of nitrogens with one attached hydrogen (secondary N) is 2. The zero-order valence-electron chi connectivity index (χ0n) is 10.6. The number of hydrogen-bond acceptors (Lipinski definition) is 5. The molecule has 0 aromatic heterocycles. The molecule has 5 heteroatoms. The van der Waals surface area contributed by atoms with Crippen LogP contribution in [0.15, 0.2) is 29.3 Å². The van der Waals surface area contributed by atoms with E-state index in [9.17, 15) is 0 Å². The fraction of sp³-hybridized carbons (Fsp3) is 0.462. The number of likely N-dealkylation sites (N-methyl/N-ethyl adjacent to an activating group) is 1. The van der Waals surface area contributed by atoms with E-state index >= 15 is 0 Å². The van der Waals surface area contributed by atoms with Gasteiger partial charge in [-0.2, -0.15) is 4.99 Å². The van der Waals surface area contributed by atoms with Crippen LogP contribution in [0.3, 0.4) is 0 Å². The Labute approximate surface area is 114 Å². The van der Waals surface area contributed by atoms with E-state index < -0.39 is 0 Å². The van der Waals surface area contributed by atoms with Crippen molar-refractivity contribution in [3.05, 3.63) is 29.8 Å². The van der Waals surface area contributed by atoms with Crippen LogP contribution < -0.4 is 16.4 Å². The molecule has 0 spiro atoms. The summed E-state index contributed by atoms with van der Waals surface area (Å²) in [6.07, 6.45) is 0.855. The molecule has 0 radical (unpaired) electrons. The molecular formula is C13H20N4S. The van der Waals surface area contributed by atoms with Crippen LogP contribution in [0.4, 0.5) is 5.69 Å². The van der Waals surface area contributed by atoms with Crippen LogP contribution in [0.2, 0.25) is 0 Å². The Morgan fingerprint density at radius 2 is 2.06 bits per heavy atom. The van der Waals surface area contributed by atoms with E-state index in [2.05, 4.69) is 33.0 Å². The molecule has 0 aliphatic heterocycles. The van der Waals surface area contributed by atoms with E-state index in [1.54, 1.807) is 0 Å². The molecule has 0 aliphatic rings. The van der Waals surface area contributed by atoms with Gasteiger partial charge in [0.2, 0.25) is 0 Å². The highest BCUT2D eigenvalue weighted by atomic mass is 32.1. The lowest BCUT2D eigenvalue weighted by molar-refractivity contribution is 0.565. The number of benzene rings is 1. The van der Waals surface area contributed by atoms with Gasteiger partial charge in [0.1, 0.15) is 0 Å². The number of isothiocyanates is 1. The molecule has 1 aromatic rings. The van der Waals surface area contributed by atoms with Crippen molar-refractivity contribution in [1.29, 1.82) is 0 Å². The number of thiocarbonyl (C=S) groups is 1. The van der Waals surface area contributed by atoms with Crippen LogP contribution in [0.5, 0.6) is 0 Å². The summed E-state index contributed by atoms with van der Waals surface area (Å²) in [6.45, 7) is 2.71. The molecule has 1 rings (SSSR count). The van der Waals surface area contributed by atoms with E-state index in [0.29, 0.717) is 0 Å². The maximum Gasteiger partial charge on any atom is 0.0739 e. The summed E-state index contributed by atoms with van der Waals surface area (Å²) in [5.74, 6) is 0. The number of aliphatic imine (C=N–C) groups is 1. The Morgan fingerprint density at radius 1 is 1.33 bits per heavy atom. The maximum absolute atomic E-state index is 6.05. The highest BCUT2D eigenvalue weighted by molar-refractivity contribution is 7.78. The molecule has 18 heavy (non-hydrogen) atoms. The number of rotatable bonds is 8. The Morgan fingerprint density at radius 3 is 2.67 bits per heavy atom. The third-order valence-corrected chi connectivity index (χ3v) is 2.66. The van der Waals surface area contributed by atoms with E-state index in [-0.39, 0.29) is 6.04 Å². The van der Waals surface area contributed by atoms with Crippen molar-refractivity contribution < 1.29 is 0 Å². The molecule has 0 fully saturated rings. The van der Waals surface area contributed by atoms with Crippen LogP contribution in [0.1, 0.15) is 5.56 Å². The Bertz CT molecular complexity index is 384. The van der Waals surface area contributed by atoms with E-state index in [0.717, 1.165) is 31.7 Å². The lowest BCUT2D eigenvalue weighted by atomic mass is 10.1. The molecular weight excluding hydrogens is 244 g/mol. The number of nitrogens with zero attached hydrogens (tertiary/aromatic N) is 1. The van der Waals surface area contributed by atoms with E-state index in [4.69, 9.17) is 5.73 Å². The van der Waals surface area contributed by atoms with Crippen molar-refractivity contribution in [3.63, 3.8) is 0 Å². The molecule has 4 N–H and O–H groups in total. The van der Waals surface area contributed by atoms with Gasteiger partial charge in [-0.3, -0.25) is 0 Å². The van der Waals surface area contributed by atoms with Crippen molar-refractivity contribution in [3.8, 4) is 0 Å². The fourth-order valence-corrected chi connectivity index (χ4v) is 1.74. The van der Waals surface area contributed by atoms with Crippen LogP contribution >= 0.6 is 12.2 Å². The van der Waals surface area contributed by atoms with E-state index in [1.807, 2.05) is 31.3 Å². The van der Waals surface area contributed by atoms with E-state index in [1.165, 1.54) is 5.56 Å². The monoisotopic (exact) mass is 264 g/mol. The quantitative estimate of drug-likeness (QED) is 0.374. The topological polar surface area (TPSA) is 62.4 Å².